The van der Waals surface area contributed by atoms with E-state index in [1.165, 1.54) is 6.08 Å². The molecule has 0 saturated heterocycles. The number of carbonyl (C=O) groups excluding carboxylic acids is 2. The molecule has 200 valence electrons. The summed E-state index contributed by atoms with van der Waals surface area (Å²) in [6, 6.07) is 0. The summed E-state index contributed by atoms with van der Waals surface area (Å²) in [6.45, 7) is 5.72. The van der Waals surface area contributed by atoms with Crippen LogP contribution in [0.25, 0.3) is 0 Å². The fourth-order valence-corrected chi connectivity index (χ4v) is 3.41. The minimum absolute atomic E-state index is 0.00511. The molecule has 1 rings (SSSR count). The first kappa shape index (κ1) is 31.5. The van der Waals surface area contributed by atoms with Crippen LogP contribution >= 0.6 is 0 Å². The summed E-state index contributed by atoms with van der Waals surface area (Å²) in [4.78, 5) is 23.3. The first-order chi connectivity index (χ1) is 17.8. The summed E-state index contributed by atoms with van der Waals surface area (Å²) >= 11 is 0. The molecule has 1 aliphatic rings. The monoisotopic (exact) mass is 507 g/mol. The van der Waals surface area contributed by atoms with Gasteiger partial charge in [-0.05, 0) is 19.8 Å². The molecule has 0 aromatic heterocycles. The van der Waals surface area contributed by atoms with Gasteiger partial charge in [0, 0.05) is 30.8 Å². The number of unbranched alkanes of at least 4 members (excludes halogenated alkanes) is 1. The van der Waals surface area contributed by atoms with Crippen LogP contribution in [0, 0.1) is 11.8 Å². The number of carbonyl (C=O) groups is 2. The molecule has 0 radical (unpaired) electrons. The molecule has 1 amide bonds. The lowest BCUT2D eigenvalue weighted by atomic mass is 9.88. The topological polar surface area (TPSA) is 107 Å². The average Bonchev–Trinajstić information content (AvgIpc) is 3.19. The number of hydrogen-bond donors (Lipinski definition) is 4. The van der Waals surface area contributed by atoms with E-state index in [1.54, 1.807) is 30.4 Å². The molecular weight excluding hydrogens is 466 g/mol. The highest BCUT2D eigenvalue weighted by Gasteiger charge is 2.24. The second-order valence-electron chi connectivity index (χ2n) is 8.79. The van der Waals surface area contributed by atoms with Gasteiger partial charge in [0.2, 0.25) is 5.91 Å². The molecule has 0 saturated carbocycles. The number of ketones is 1. The van der Waals surface area contributed by atoms with Gasteiger partial charge in [-0.2, -0.15) is 0 Å². The number of nitrogens with one attached hydrogen (secondary N) is 1. The summed E-state index contributed by atoms with van der Waals surface area (Å²) in [5.41, 5.74) is -0.00511. The predicted molar refractivity (Wildman–Crippen MR) is 150 cm³/mol. The van der Waals surface area contributed by atoms with Gasteiger partial charge in [0.25, 0.3) is 0 Å². The van der Waals surface area contributed by atoms with Gasteiger partial charge in [0.05, 0.1) is 12.2 Å². The first-order valence-corrected chi connectivity index (χ1v) is 12.7. The number of aliphatic hydroxyl groups is 3. The maximum atomic E-state index is 11.8. The van der Waals surface area contributed by atoms with Gasteiger partial charge >= 0.3 is 0 Å². The molecule has 0 heterocycles. The van der Waals surface area contributed by atoms with E-state index >= 15 is 0 Å². The average molecular weight is 508 g/mol. The van der Waals surface area contributed by atoms with E-state index < -0.39 is 18.1 Å². The third kappa shape index (κ3) is 13.4. The molecule has 6 heteroatoms. The van der Waals surface area contributed by atoms with Gasteiger partial charge < -0.3 is 20.6 Å². The minimum atomic E-state index is -0.716. The van der Waals surface area contributed by atoms with Crippen molar-refractivity contribution in [1.29, 1.82) is 0 Å². The van der Waals surface area contributed by atoms with Crippen molar-refractivity contribution in [2.75, 3.05) is 0 Å². The molecule has 4 unspecified atom stereocenters. The van der Waals surface area contributed by atoms with Gasteiger partial charge in [0.1, 0.15) is 11.5 Å². The number of aliphatic hydroxyl groups excluding tert-OH is 3. The van der Waals surface area contributed by atoms with Crippen LogP contribution in [0.1, 0.15) is 46.5 Å². The van der Waals surface area contributed by atoms with Crippen molar-refractivity contribution >= 4 is 11.7 Å². The lowest BCUT2D eigenvalue weighted by molar-refractivity contribution is -0.119. The van der Waals surface area contributed by atoms with Crippen molar-refractivity contribution in [3.8, 4) is 0 Å². The maximum Gasteiger partial charge on any atom is 0.248 e. The molecule has 0 aliphatic heterocycles. The quantitative estimate of drug-likeness (QED) is 0.102. The Bertz CT molecular complexity index is 991. The third-order valence-corrected chi connectivity index (χ3v) is 5.73. The summed E-state index contributed by atoms with van der Waals surface area (Å²) in [7, 11) is 0. The van der Waals surface area contributed by atoms with E-state index in [9.17, 15) is 24.9 Å². The van der Waals surface area contributed by atoms with E-state index in [1.807, 2.05) is 81.5 Å². The van der Waals surface area contributed by atoms with Gasteiger partial charge in [-0.3, -0.25) is 9.59 Å². The summed E-state index contributed by atoms with van der Waals surface area (Å²) in [5, 5.41) is 32.7. The molecule has 4 N–H and O–H groups in total. The lowest BCUT2D eigenvalue weighted by Gasteiger charge is -2.25. The van der Waals surface area contributed by atoms with Crippen LogP contribution in [0.2, 0.25) is 0 Å². The van der Waals surface area contributed by atoms with E-state index in [-0.39, 0.29) is 41.9 Å². The molecule has 4 atom stereocenters. The number of allylic oxidation sites excluding steroid dienone is 15. The number of hydrogen-bond acceptors (Lipinski definition) is 5. The van der Waals surface area contributed by atoms with Crippen LogP contribution in [0.3, 0.4) is 0 Å². The SMILES string of the molecule is C/C=C/C=C/C=C/C(O)C(C)C(O)C(C)/C=C/CC/C=C/C=C/C=C/C=C/C(=O)NC1=C(O)CCC1=O. The molecule has 6 nitrogen and oxygen atoms in total. The van der Waals surface area contributed by atoms with Crippen molar-refractivity contribution in [3.05, 3.63) is 109 Å². The van der Waals surface area contributed by atoms with Gasteiger partial charge in [0.15, 0.2) is 5.78 Å². The standard InChI is InChI=1S/C31H41NO5/c1-4-5-6-13-17-20-26(33)25(3)31(37)24(2)19-16-14-11-9-7-8-10-12-15-18-21-29(36)32-30-27(34)22-23-28(30)35/h4-10,12-13,15-21,24-26,31,33-34,37H,11,14,22-23H2,1-3H3,(H,32,36)/b5-4+,9-7+,10-8+,13-6+,15-12+,19-16+,20-17+,21-18+. The van der Waals surface area contributed by atoms with E-state index in [0.717, 1.165) is 12.8 Å². The third-order valence-electron chi connectivity index (χ3n) is 5.73. The smallest absolute Gasteiger partial charge is 0.248 e. The van der Waals surface area contributed by atoms with Crippen LogP contribution < -0.4 is 5.32 Å². The number of amides is 1. The molecule has 37 heavy (non-hydrogen) atoms. The maximum absolute atomic E-state index is 11.8. The van der Waals surface area contributed by atoms with E-state index in [2.05, 4.69) is 5.32 Å². The Labute approximate surface area is 221 Å². The van der Waals surface area contributed by atoms with E-state index in [0.29, 0.717) is 0 Å². The Morgan fingerprint density at radius 2 is 1.49 bits per heavy atom. The van der Waals surface area contributed by atoms with Crippen molar-refractivity contribution in [1.82, 2.24) is 5.32 Å². The van der Waals surface area contributed by atoms with Crippen LogP contribution in [-0.4, -0.2) is 39.2 Å². The number of rotatable bonds is 15. The summed E-state index contributed by atoms with van der Waals surface area (Å²) in [6.07, 6.45) is 29.9. The molecular formula is C31H41NO5. The Hall–Kier alpha value is -3.48. The molecule has 0 aromatic carbocycles. The van der Waals surface area contributed by atoms with Gasteiger partial charge in [-0.15, -0.1) is 0 Å². The zero-order valence-electron chi connectivity index (χ0n) is 22.0. The second kappa shape index (κ2) is 18.7. The Morgan fingerprint density at radius 3 is 2.16 bits per heavy atom. The highest BCUT2D eigenvalue weighted by molar-refractivity contribution is 6.03. The lowest BCUT2D eigenvalue weighted by Crippen LogP contribution is -2.32. The van der Waals surface area contributed by atoms with E-state index in [4.69, 9.17) is 0 Å². The van der Waals surface area contributed by atoms with Crippen molar-refractivity contribution in [2.24, 2.45) is 11.8 Å². The molecule has 1 aliphatic carbocycles. The van der Waals surface area contributed by atoms with Crippen LogP contribution in [0.15, 0.2) is 109 Å². The van der Waals surface area contributed by atoms with Crippen molar-refractivity contribution in [2.45, 2.75) is 58.7 Å². The number of Topliss-reactive ketones (excluding diaryl/α,β-unsaturated/α-hetero) is 1. The van der Waals surface area contributed by atoms with Crippen molar-refractivity contribution in [3.63, 3.8) is 0 Å². The fourth-order valence-electron chi connectivity index (χ4n) is 3.41. The Kier molecular flexibility index (Phi) is 16.0. The first-order valence-electron chi connectivity index (χ1n) is 12.7. The van der Waals surface area contributed by atoms with Gasteiger partial charge in [-0.25, -0.2) is 0 Å². The molecule has 0 bridgehead atoms. The van der Waals surface area contributed by atoms with Crippen LogP contribution in [0.5, 0.6) is 0 Å². The Morgan fingerprint density at radius 1 is 0.865 bits per heavy atom. The molecule has 0 aromatic rings. The summed E-state index contributed by atoms with van der Waals surface area (Å²) < 4.78 is 0. The van der Waals surface area contributed by atoms with Gasteiger partial charge in [-0.1, -0.05) is 105 Å². The normalized spacial score (nSPS) is 18.9. The second-order valence-corrected chi connectivity index (χ2v) is 8.79. The highest BCUT2D eigenvalue weighted by atomic mass is 16.3. The van der Waals surface area contributed by atoms with Crippen LogP contribution in [0.4, 0.5) is 0 Å². The zero-order valence-corrected chi connectivity index (χ0v) is 22.0. The summed E-state index contributed by atoms with van der Waals surface area (Å²) in [5.74, 6) is -1.13. The molecule has 0 fully saturated rings. The van der Waals surface area contributed by atoms with Crippen LogP contribution in [-0.2, 0) is 9.59 Å². The molecule has 0 spiro atoms. The fraction of sp³-hybridized carbons (Fsp3) is 0.355. The largest absolute Gasteiger partial charge is 0.510 e. The predicted octanol–water partition coefficient (Wildman–Crippen LogP) is 5.48. The highest BCUT2D eigenvalue weighted by Crippen LogP contribution is 2.19. The minimum Gasteiger partial charge on any atom is -0.510 e. The Balaban J connectivity index is 2.28. The zero-order chi connectivity index (χ0) is 27.5. The van der Waals surface area contributed by atoms with Crippen molar-refractivity contribution < 1.29 is 24.9 Å².